The summed E-state index contributed by atoms with van der Waals surface area (Å²) in [5.41, 5.74) is 1.30. The predicted molar refractivity (Wildman–Crippen MR) is 62.8 cm³/mol. The molecule has 0 aliphatic carbocycles. The summed E-state index contributed by atoms with van der Waals surface area (Å²) in [6.07, 6.45) is 1.96. The van der Waals surface area contributed by atoms with E-state index in [1.807, 2.05) is 0 Å². The van der Waals surface area contributed by atoms with Crippen LogP contribution in [-0.2, 0) is 0 Å². The number of rotatable bonds is 4. The van der Waals surface area contributed by atoms with Gasteiger partial charge < -0.3 is 5.11 Å². The quantitative estimate of drug-likeness (QED) is 0.804. The molecule has 0 fully saturated rings. The highest BCUT2D eigenvalue weighted by Crippen LogP contribution is 2.32. The molecule has 0 saturated heterocycles. The maximum absolute atomic E-state index is 10.1. The van der Waals surface area contributed by atoms with Crippen LogP contribution in [0, 0.1) is 19.8 Å². The van der Waals surface area contributed by atoms with Crippen LogP contribution in [0.3, 0.4) is 0 Å². The maximum atomic E-state index is 10.1. The Hall–Kier alpha value is -0.340. The smallest absolute Gasteiger partial charge is 0.0907 e. The molecule has 0 radical (unpaired) electrons. The second kappa shape index (κ2) is 4.94. The molecule has 2 heteroatoms. The summed E-state index contributed by atoms with van der Waals surface area (Å²) in [4.78, 5) is 2.45. The van der Waals surface area contributed by atoms with Crippen LogP contribution < -0.4 is 0 Å². The predicted octanol–water partition coefficient (Wildman–Crippen LogP) is 3.83. The minimum absolute atomic E-state index is 0.271. The molecule has 14 heavy (non-hydrogen) atoms. The first-order chi connectivity index (χ1) is 6.56. The fourth-order valence-electron chi connectivity index (χ4n) is 1.64. The van der Waals surface area contributed by atoms with Crippen LogP contribution in [0.4, 0.5) is 0 Å². The Morgan fingerprint density at radius 2 is 2.07 bits per heavy atom. The Morgan fingerprint density at radius 1 is 1.43 bits per heavy atom. The van der Waals surface area contributed by atoms with E-state index in [-0.39, 0.29) is 6.10 Å². The molecule has 1 N–H and O–H groups in total. The third kappa shape index (κ3) is 2.58. The summed E-state index contributed by atoms with van der Waals surface area (Å²) in [6.45, 7) is 8.50. The zero-order valence-corrected chi connectivity index (χ0v) is 10.3. The van der Waals surface area contributed by atoms with Crippen molar-refractivity contribution >= 4 is 11.3 Å². The summed E-state index contributed by atoms with van der Waals surface area (Å²) in [6, 6.07) is 2.12. The van der Waals surface area contributed by atoms with E-state index in [9.17, 15) is 5.11 Å². The number of thiophene rings is 1. The average Bonchev–Trinajstić information content (AvgIpc) is 2.46. The minimum atomic E-state index is -0.271. The molecular weight excluding hydrogens is 192 g/mol. The summed E-state index contributed by atoms with van der Waals surface area (Å²) < 4.78 is 0. The molecule has 0 aliphatic rings. The Balaban J connectivity index is 2.73. The molecule has 1 nitrogen and oxygen atoms in total. The first-order valence-corrected chi connectivity index (χ1v) is 6.13. The van der Waals surface area contributed by atoms with E-state index in [1.54, 1.807) is 11.3 Å². The summed E-state index contributed by atoms with van der Waals surface area (Å²) >= 11 is 1.73. The third-order valence-corrected chi connectivity index (χ3v) is 3.98. The van der Waals surface area contributed by atoms with Gasteiger partial charge in [-0.1, -0.05) is 20.3 Å². The van der Waals surface area contributed by atoms with Gasteiger partial charge in [-0.15, -0.1) is 11.3 Å². The van der Waals surface area contributed by atoms with Gasteiger partial charge in [-0.25, -0.2) is 0 Å². The van der Waals surface area contributed by atoms with E-state index >= 15 is 0 Å². The van der Waals surface area contributed by atoms with E-state index in [0.29, 0.717) is 5.92 Å². The largest absolute Gasteiger partial charge is 0.387 e. The second-order valence-corrected chi connectivity index (χ2v) is 5.39. The molecule has 0 spiro atoms. The number of aryl methyl sites for hydroxylation is 2. The molecule has 1 rings (SSSR count). The first-order valence-electron chi connectivity index (χ1n) is 5.31. The standard InChI is InChI=1S/C12H20OS/c1-5-6-8(2)12(13)11-7-9(3)10(4)14-11/h7-8,12-13H,5-6H2,1-4H3. The van der Waals surface area contributed by atoms with E-state index in [2.05, 4.69) is 33.8 Å². The van der Waals surface area contributed by atoms with Crippen molar-refractivity contribution in [3.05, 3.63) is 21.4 Å². The van der Waals surface area contributed by atoms with Crippen molar-refractivity contribution in [3.63, 3.8) is 0 Å². The second-order valence-electron chi connectivity index (χ2n) is 4.10. The summed E-state index contributed by atoms with van der Waals surface area (Å²) in [5, 5.41) is 10.1. The van der Waals surface area contributed by atoms with Gasteiger partial charge in [0.2, 0.25) is 0 Å². The number of hydrogen-bond acceptors (Lipinski definition) is 2. The molecule has 0 aromatic carbocycles. The highest BCUT2D eigenvalue weighted by Gasteiger charge is 2.17. The van der Waals surface area contributed by atoms with Crippen LogP contribution in [-0.4, -0.2) is 5.11 Å². The third-order valence-electron chi connectivity index (χ3n) is 2.76. The lowest BCUT2D eigenvalue weighted by molar-refractivity contribution is 0.116. The number of hydrogen-bond donors (Lipinski definition) is 1. The van der Waals surface area contributed by atoms with Gasteiger partial charge in [-0.05, 0) is 37.8 Å². The van der Waals surface area contributed by atoms with Gasteiger partial charge in [0, 0.05) is 9.75 Å². The molecule has 0 saturated carbocycles. The highest BCUT2D eigenvalue weighted by molar-refractivity contribution is 7.12. The summed E-state index contributed by atoms with van der Waals surface area (Å²) in [5.74, 6) is 0.373. The number of aliphatic hydroxyl groups is 1. The monoisotopic (exact) mass is 212 g/mol. The minimum Gasteiger partial charge on any atom is -0.387 e. The van der Waals surface area contributed by atoms with E-state index < -0.39 is 0 Å². The highest BCUT2D eigenvalue weighted by atomic mass is 32.1. The van der Waals surface area contributed by atoms with Crippen molar-refractivity contribution in [1.29, 1.82) is 0 Å². The van der Waals surface area contributed by atoms with Crippen molar-refractivity contribution in [1.82, 2.24) is 0 Å². The van der Waals surface area contributed by atoms with Gasteiger partial charge in [0.25, 0.3) is 0 Å². The van der Waals surface area contributed by atoms with Crippen LogP contribution in [0.25, 0.3) is 0 Å². The van der Waals surface area contributed by atoms with Gasteiger partial charge in [-0.3, -0.25) is 0 Å². The lowest BCUT2D eigenvalue weighted by atomic mass is 9.98. The van der Waals surface area contributed by atoms with Gasteiger partial charge >= 0.3 is 0 Å². The van der Waals surface area contributed by atoms with Gasteiger partial charge in [-0.2, -0.15) is 0 Å². The fraction of sp³-hybridized carbons (Fsp3) is 0.667. The Labute approximate surface area is 90.8 Å². The van der Waals surface area contributed by atoms with Crippen molar-refractivity contribution in [3.8, 4) is 0 Å². The lowest BCUT2D eigenvalue weighted by Gasteiger charge is -2.16. The zero-order valence-electron chi connectivity index (χ0n) is 9.50. The Bertz CT molecular complexity index is 271. The van der Waals surface area contributed by atoms with Crippen LogP contribution in [0.15, 0.2) is 6.07 Å². The lowest BCUT2D eigenvalue weighted by Crippen LogP contribution is -2.07. The molecule has 0 aliphatic heterocycles. The van der Waals surface area contributed by atoms with Crippen LogP contribution in [0.1, 0.15) is 48.1 Å². The number of aliphatic hydroxyl groups excluding tert-OH is 1. The van der Waals surface area contributed by atoms with Crippen molar-refractivity contribution in [2.45, 2.75) is 46.6 Å². The molecule has 1 heterocycles. The molecule has 1 aromatic heterocycles. The van der Waals surface area contributed by atoms with Crippen LogP contribution in [0.5, 0.6) is 0 Å². The van der Waals surface area contributed by atoms with E-state index in [1.165, 1.54) is 10.4 Å². The Morgan fingerprint density at radius 3 is 2.50 bits per heavy atom. The molecule has 2 atom stereocenters. The molecule has 0 amide bonds. The van der Waals surface area contributed by atoms with E-state index in [4.69, 9.17) is 0 Å². The first kappa shape index (κ1) is 11.7. The average molecular weight is 212 g/mol. The van der Waals surface area contributed by atoms with Crippen LogP contribution >= 0.6 is 11.3 Å². The fourth-order valence-corrected chi connectivity index (χ4v) is 2.80. The Kier molecular flexibility index (Phi) is 4.14. The molecule has 80 valence electrons. The van der Waals surface area contributed by atoms with Crippen LogP contribution in [0.2, 0.25) is 0 Å². The maximum Gasteiger partial charge on any atom is 0.0907 e. The SMILES string of the molecule is CCCC(C)C(O)c1cc(C)c(C)s1. The van der Waals surface area contributed by atoms with Gasteiger partial charge in [0.05, 0.1) is 6.10 Å². The van der Waals surface area contributed by atoms with Gasteiger partial charge in [0.1, 0.15) is 0 Å². The van der Waals surface area contributed by atoms with Gasteiger partial charge in [0.15, 0.2) is 0 Å². The summed E-state index contributed by atoms with van der Waals surface area (Å²) in [7, 11) is 0. The van der Waals surface area contributed by atoms with E-state index in [0.717, 1.165) is 17.7 Å². The molecule has 2 unspecified atom stereocenters. The van der Waals surface area contributed by atoms with Crippen molar-refractivity contribution in [2.75, 3.05) is 0 Å². The van der Waals surface area contributed by atoms with Crippen molar-refractivity contribution in [2.24, 2.45) is 5.92 Å². The molecule has 1 aromatic rings. The van der Waals surface area contributed by atoms with Crippen molar-refractivity contribution < 1.29 is 5.11 Å². The molecular formula is C12H20OS. The normalized spacial score (nSPS) is 15.5. The topological polar surface area (TPSA) is 20.2 Å². The molecule has 0 bridgehead atoms. The zero-order chi connectivity index (χ0) is 10.7.